The molecule has 1 N–H and O–H groups in total. The van der Waals surface area contributed by atoms with Crippen LogP contribution in [0, 0.1) is 0 Å². The zero-order valence-electron chi connectivity index (χ0n) is 16.6. The number of aryl methyl sites for hydroxylation is 1. The van der Waals surface area contributed by atoms with Gasteiger partial charge in [-0.15, -0.1) is 0 Å². The molecule has 1 aliphatic heterocycles. The molecule has 0 aliphatic carbocycles. The van der Waals surface area contributed by atoms with E-state index in [4.69, 9.17) is 4.74 Å². The highest BCUT2D eigenvalue weighted by Gasteiger charge is 2.26. The van der Waals surface area contributed by atoms with Gasteiger partial charge in [0.15, 0.2) is 5.96 Å². The second-order valence-corrected chi connectivity index (χ2v) is 6.95. The van der Waals surface area contributed by atoms with Crippen molar-refractivity contribution in [2.45, 2.75) is 38.6 Å². The Morgan fingerprint density at radius 1 is 1.44 bits per heavy atom. The molecule has 7 heteroatoms. The summed E-state index contributed by atoms with van der Waals surface area (Å²) < 4.78 is 7.70. The van der Waals surface area contributed by atoms with Gasteiger partial charge in [0.2, 0.25) is 5.88 Å². The fourth-order valence-corrected chi connectivity index (χ4v) is 3.38. The van der Waals surface area contributed by atoms with Gasteiger partial charge in [0.1, 0.15) is 0 Å². The van der Waals surface area contributed by atoms with E-state index in [1.165, 1.54) is 5.56 Å². The minimum Gasteiger partial charge on any atom is -0.477 e. The molecule has 3 rings (SSSR count). The van der Waals surface area contributed by atoms with Gasteiger partial charge in [-0.1, -0.05) is 19.4 Å². The molecule has 0 spiro atoms. The number of nitrogens with one attached hydrogen (secondary N) is 1. The lowest BCUT2D eigenvalue weighted by Gasteiger charge is -2.22. The predicted molar refractivity (Wildman–Crippen MR) is 107 cm³/mol. The Bertz CT molecular complexity index is 756. The lowest BCUT2D eigenvalue weighted by molar-refractivity contribution is 0.294. The van der Waals surface area contributed by atoms with Crippen LogP contribution in [-0.4, -0.2) is 52.4 Å². The van der Waals surface area contributed by atoms with Gasteiger partial charge in [-0.3, -0.25) is 9.67 Å². The SMILES string of the molecule is CCCCOc1ncccc1CNC(=NC)N1CCC(c2cnn(C)c2)C1. The third-order valence-corrected chi connectivity index (χ3v) is 4.92. The highest BCUT2D eigenvalue weighted by atomic mass is 16.5. The van der Waals surface area contributed by atoms with Crippen LogP contribution in [0.5, 0.6) is 5.88 Å². The number of ether oxygens (including phenoxy) is 1. The van der Waals surface area contributed by atoms with E-state index in [2.05, 4.69) is 44.5 Å². The van der Waals surface area contributed by atoms with Crippen molar-refractivity contribution in [3.63, 3.8) is 0 Å². The summed E-state index contributed by atoms with van der Waals surface area (Å²) in [4.78, 5) is 11.2. The van der Waals surface area contributed by atoms with Crippen LogP contribution in [0.15, 0.2) is 35.7 Å². The second kappa shape index (κ2) is 9.39. The fraction of sp³-hybridized carbons (Fsp3) is 0.550. The summed E-state index contributed by atoms with van der Waals surface area (Å²) in [5.74, 6) is 2.14. The molecule has 7 nitrogen and oxygen atoms in total. The maximum Gasteiger partial charge on any atom is 0.218 e. The standard InChI is InChI=1S/C20H30N6O/c1-4-5-11-27-19-16(7-6-9-22-19)12-23-20(21-2)26-10-8-17(15-26)18-13-24-25(3)14-18/h6-7,9,13-14,17H,4-5,8,10-12,15H2,1-3H3,(H,21,23). The number of aliphatic imine (C=N–C) groups is 1. The highest BCUT2D eigenvalue weighted by molar-refractivity contribution is 5.80. The minimum atomic E-state index is 0.503. The average molecular weight is 371 g/mol. The third-order valence-electron chi connectivity index (χ3n) is 4.92. The smallest absolute Gasteiger partial charge is 0.218 e. The molecule has 3 heterocycles. The van der Waals surface area contributed by atoms with Gasteiger partial charge < -0.3 is 15.0 Å². The first-order valence-corrected chi connectivity index (χ1v) is 9.72. The summed E-state index contributed by atoms with van der Waals surface area (Å²) in [6.45, 7) is 5.46. The molecule has 1 saturated heterocycles. The lowest BCUT2D eigenvalue weighted by atomic mass is 10.0. The first kappa shape index (κ1) is 19.2. The topological polar surface area (TPSA) is 67.6 Å². The predicted octanol–water partition coefficient (Wildman–Crippen LogP) is 2.56. The Morgan fingerprint density at radius 2 is 2.33 bits per heavy atom. The average Bonchev–Trinajstić information content (AvgIpc) is 3.33. The maximum absolute atomic E-state index is 5.83. The van der Waals surface area contributed by atoms with Crippen molar-refractivity contribution >= 4 is 5.96 Å². The Hall–Kier alpha value is -2.57. The molecule has 1 unspecified atom stereocenters. The van der Waals surface area contributed by atoms with Crippen LogP contribution in [0.4, 0.5) is 0 Å². The number of nitrogens with zero attached hydrogens (tertiary/aromatic N) is 5. The molecule has 0 radical (unpaired) electrons. The molecular weight excluding hydrogens is 340 g/mol. The lowest BCUT2D eigenvalue weighted by Crippen LogP contribution is -2.39. The summed E-state index contributed by atoms with van der Waals surface area (Å²) in [6.07, 6.45) is 9.12. The van der Waals surface area contributed by atoms with Crippen molar-refractivity contribution < 1.29 is 4.74 Å². The number of unbranched alkanes of at least 4 members (excludes halogenated alkanes) is 1. The van der Waals surface area contributed by atoms with Crippen molar-refractivity contribution in [2.24, 2.45) is 12.0 Å². The molecule has 27 heavy (non-hydrogen) atoms. The summed E-state index contributed by atoms with van der Waals surface area (Å²) in [7, 11) is 3.80. The van der Waals surface area contributed by atoms with E-state index in [9.17, 15) is 0 Å². The largest absolute Gasteiger partial charge is 0.477 e. The van der Waals surface area contributed by atoms with Gasteiger partial charge in [0, 0.05) is 57.6 Å². The normalized spacial score (nSPS) is 17.4. The number of pyridine rings is 1. The Kier molecular flexibility index (Phi) is 6.68. The zero-order chi connectivity index (χ0) is 19.1. The molecule has 0 amide bonds. The molecule has 1 aliphatic rings. The van der Waals surface area contributed by atoms with Gasteiger partial charge in [-0.2, -0.15) is 5.10 Å². The third kappa shape index (κ3) is 4.99. The van der Waals surface area contributed by atoms with Crippen LogP contribution in [0.1, 0.15) is 43.2 Å². The number of hydrogen-bond acceptors (Lipinski definition) is 4. The summed E-state index contributed by atoms with van der Waals surface area (Å²) in [6, 6.07) is 4.00. The molecule has 1 atom stereocenters. The van der Waals surface area contributed by atoms with Gasteiger partial charge >= 0.3 is 0 Å². The molecule has 1 fully saturated rings. The quantitative estimate of drug-likeness (QED) is 0.461. The van der Waals surface area contributed by atoms with Crippen LogP contribution in [0.25, 0.3) is 0 Å². The minimum absolute atomic E-state index is 0.503. The van der Waals surface area contributed by atoms with Crippen LogP contribution < -0.4 is 10.1 Å². The highest BCUT2D eigenvalue weighted by Crippen LogP contribution is 2.26. The number of likely N-dealkylation sites (tertiary alicyclic amines) is 1. The molecule has 2 aromatic rings. The summed E-state index contributed by atoms with van der Waals surface area (Å²) >= 11 is 0. The molecule has 0 saturated carbocycles. The van der Waals surface area contributed by atoms with E-state index >= 15 is 0 Å². The first-order chi connectivity index (χ1) is 13.2. The zero-order valence-corrected chi connectivity index (χ0v) is 16.6. The maximum atomic E-state index is 5.83. The van der Waals surface area contributed by atoms with Gasteiger partial charge in [-0.25, -0.2) is 4.98 Å². The van der Waals surface area contributed by atoms with E-state index in [-0.39, 0.29) is 0 Å². The van der Waals surface area contributed by atoms with Gasteiger partial charge in [0.05, 0.1) is 12.8 Å². The number of rotatable bonds is 7. The Balaban J connectivity index is 1.57. The Labute approximate surface area is 161 Å². The van der Waals surface area contributed by atoms with E-state index in [1.807, 2.05) is 31.0 Å². The van der Waals surface area contributed by atoms with E-state index in [0.29, 0.717) is 24.9 Å². The van der Waals surface area contributed by atoms with Crippen LogP contribution in [0.3, 0.4) is 0 Å². The van der Waals surface area contributed by atoms with Crippen molar-refractivity contribution in [1.82, 2.24) is 25.0 Å². The molecule has 2 aromatic heterocycles. The summed E-state index contributed by atoms with van der Waals surface area (Å²) in [5, 5.41) is 7.77. The molecule has 146 valence electrons. The molecule has 0 bridgehead atoms. The van der Waals surface area contributed by atoms with Crippen molar-refractivity contribution in [1.29, 1.82) is 0 Å². The first-order valence-electron chi connectivity index (χ1n) is 9.72. The van der Waals surface area contributed by atoms with E-state index in [0.717, 1.165) is 43.9 Å². The van der Waals surface area contributed by atoms with Gasteiger partial charge in [0.25, 0.3) is 0 Å². The number of aromatic nitrogens is 3. The van der Waals surface area contributed by atoms with Crippen molar-refractivity contribution in [3.8, 4) is 5.88 Å². The van der Waals surface area contributed by atoms with E-state index < -0.39 is 0 Å². The number of guanidine groups is 1. The molecular formula is C20H30N6O. The van der Waals surface area contributed by atoms with E-state index in [1.54, 1.807) is 6.20 Å². The summed E-state index contributed by atoms with van der Waals surface area (Å²) in [5.41, 5.74) is 2.35. The molecule has 0 aromatic carbocycles. The monoisotopic (exact) mass is 370 g/mol. The van der Waals surface area contributed by atoms with Gasteiger partial charge in [-0.05, 0) is 24.5 Å². The van der Waals surface area contributed by atoms with Crippen molar-refractivity contribution in [2.75, 3.05) is 26.7 Å². The number of hydrogen-bond donors (Lipinski definition) is 1. The fourth-order valence-electron chi connectivity index (χ4n) is 3.38. The van der Waals surface area contributed by atoms with Crippen molar-refractivity contribution in [3.05, 3.63) is 41.9 Å². The van der Waals surface area contributed by atoms with Crippen LogP contribution in [0.2, 0.25) is 0 Å². The van der Waals surface area contributed by atoms with Crippen LogP contribution >= 0.6 is 0 Å². The van der Waals surface area contributed by atoms with Crippen LogP contribution in [-0.2, 0) is 13.6 Å². The Morgan fingerprint density at radius 3 is 3.07 bits per heavy atom. The second-order valence-electron chi connectivity index (χ2n) is 6.95.